The fourth-order valence-electron chi connectivity index (χ4n) is 2.42. The Bertz CT molecular complexity index is 551. The first-order chi connectivity index (χ1) is 11.2. The molecule has 8 nitrogen and oxygen atoms in total. The summed E-state index contributed by atoms with van der Waals surface area (Å²) in [5.74, 6) is 0. The quantitative estimate of drug-likeness (QED) is 0.678. The number of amides is 4. The standard InChI is InChI=1S/C15H21N5O3/c1-16-13-11-17-7-9-19(13)15(23)20(14(22)18-8-10-21)12-5-3-2-4-6-12/h2-6,10,13,16-17H,7-9,11H2,1H3,(H,18,22). The smallest absolute Gasteiger partial charge is 0.330 e. The number of carbonyl (C=O) groups is 3. The predicted molar refractivity (Wildman–Crippen MR) is 86.2 cm³/mol. The van der Waals surface area contributed by atoms with Gasteiger partial charge in [-0.2, -0.15) is 0 Å². The molecule has 23 heavy (non-hydrogen) atoms. The number of rotatable bonds is 4. The van der Waals surface area contributed by atoms with Crippen LogP contribution in [0.4, 0.5) is 15.3 Å². The Labute approximate surface area is 134 Å². The minimum atomic E-state index is -0.623. The third-order valence-electron chi connectivity index (χ3n) is 3.57. The van der Waals surface area contributed by atoms with E-state index < -0.39 is 12.1 Å². The van der Waals surface area contributed by atoms with Gasteiger partial charge in [-0.25, -0.2) is 14.5 Å². The van der Waals surface area contributed by atoms with E-state index in [4.69, 9.17) is 0 Å². The summed E-state index contributed by atoms with van der Waals surface area (Å²) in [6.45, 7) is 1.59. The number of urea groups is 2. The van der Waals surface area contributed by atoms with E-state index in [1.165, 1.54) is 0 Å². The number of para-hydroxylation sites is 1. The van der Waals surface area contributed by atoms with Gasteiger partial charge in [0.25, 0.3) is 0 Å². The number of carbonyl (C=O) groups excluding carboxylic acids is 3. The van der Waals surface area contributed by atoms with E-state index in [1.54, 1.807) is 42.3 Å². The molecule has 124 valence electrons. The molecule has 1 aromatic carbocycles. The Kier molecular flexibility index (Phi) is 6.07. The van der Waals surface area contributed by atoms with Gasteiger partial charge in [-0.3, -0.25) is 5.32 Å². The number of nitrogens with zero attached hydrogens (tertiary/aromatic N) is 2. The molecule has 1 aliphatic rings. The van der Waals surface area contributed by atoms with Gasteiger partial charge in [0.1, 0.15) is 6.29 Å². The molecule has 2 rings (SSSR count). The zero-order valence-corrected chi connectivity index (χ0v) is 13.0. The molecule has 0 aromatic heterocycles. The Morgan fingerprint density at radius 3 is 2.78 bits per heavy atom. The SMILES string of the molecule is CNC1CNCCN1C(=O)N(C(=O)NCC=O)c1ccccc1. The molecule has 0 spiro atoms. The molecular weight excluding hydrogens is 298 g/mol. The second-order valence-electron chi connectivity index (χ2n) is 5.01. The summed E-state index contributed by atoms with van der Waals surface area (Å²) >= 11 is 0. The number of piperazine rings is 1. The van der Waals surface area contributed by atoms with Crippen molar-refractivity contribution in [2.24, 2.45) is 0 Å². The van der Waals surface area contributed by atoms with Gasteiger partial charge < -0.3 is 20.3 Å². The van der Waals surface area contributed by atoms with Gasteiger partial charge >= 0.3 is 12.1 Å². The van der Waals surface area contributed by atoms with Crippen LogP contribution in [0.5, 0.6) is 0 Å². The number of aldehydes is 1. The van der Waals surface area contributed by atoms with Gasteiger partial charge in [0.2, 0.25) is 0 Å². The number of nitrogens with one attached hydrogen (secondary N) is 3. The topological polar surface area (TPSA) is 93.8 Å². The minimum Gasteiger partial charge on any atom is -0.330 e. The van der Waals surface area contributed by atoms with Gasteiger partial charge in [-0.15, -0.1) is 0 Å². The molecular formula is C15H21N5O3. The second kappa shape index (κ2) is 8.25. The van der Waals surface area contributed by atoms with Crippen LogP contribution in [0.3, 0.4) is 0 Å². The molecule has 1 unspecified atom stereocenters. The monoisotopic (exact) mass is 319 g/mol. The van der Waals surface area contributed by atoms with Crippen molar-refractivity contribution in [1.82, 2.24) is 20.9 Å². The lowest BCUT2D eigenvalue weighted by Gasteiger charge is -2.38. The van der Waals surface area contributed by atoms with Crippen molar-refractivity contribution in [2.45, 2.75) is 6.17 Å². The van der Waals surface area contributed by atoms with Gasteiger partial charge in [0, 0.05) is 19.6 Å². The number of hydrogen-bond acceptors (Lipinski definition) is 5. The highest BCUT2D eigenvalue weighted by Gasteiger charge is 2.33. The van der Waals surface area contributed by atoms with E-state index in [0.29, 0.717) is 31.6 Å². The summed E-state index contributed by atoms with van der Waals surface area (Å²) in [5.41, 5.74) is 0.453. The first-order valence-corrected chi connectivity index (χ1v) is 7.44. The van der Waals surface area contributed by atoms with E-state index in [2.05, 4.69) is 16.0 Å². The third kappa shape index (κ3) is 4.05. The second-order valence-corrected chi connectivity index (χ2v) is 5.01. The fraction of sp³-hybridized carbons (Fsp3) is 0.400. The highest BCUT2D eigenvalue weighted by atomic mass is 16.2. The van der Waals surface area contributed by atoms with Gasteiger partial charge in [-0.1, -0.05) is 18.2 Å². The third-order valence-corrected chi connectivity index (χ3v) is 3.57. The van der Waals surface area contributed by atoms with E-state index in [1.807, 2.05) is 0 Å². The van der Waals surface area contributed by atoms with Crippen LogP contribution in [0.1, 0.15) is 0 Å². The Balaban J connectivity index is 2.26. The van der Waals surface area contributed by atoms with Crippen LogP contribution < -0.4 is 20.9 Å². The lowest BCUT2D eigenvalue weighted by atomic mass is 10.2. The van der Waals surface area contributed by atoms with E-state index in [0.717, 1.165) is 4.90 Å². The molecule has 1 heterocycles. The molecule has 8 heteroatoms. The maximum atomic E-state index is 12.9. The molecule has 0 saturated carbocycles. The maximum absolute atomic E-state index is 12.9. The van der Waals surface area contributed by atoms with Gasteiger partial charge in [-0.05, 0) is 19.2 Å². The number of imide groups is 1. The van der Waals surface area contributed by atoms with Crippen molar-refractivity contribution in [2.75, 3.05) is 38.1 Å². The van der Waals surface area contributed by atoms with Crippen LogP contribution >= 0.6 is 0 Å². The Morgan fingerprint density at radius 1 is 1.39 bits per heavy atom. The first kappa shape index (κ1) is 16.9. The summed E-state index contributed by atoms with van der Waals surface area (Å²) in [5, 5.41) is 8.66. The first-order valence-electron chi connectivity index (χ1n) is 7.44. The molecule has 1 fully saturated rings. The van der Waals surface area contributed by atoms with E-state index >= 15 is 0 Å². The van der Waals surface area contributed by atoms with E-state index in [-0.39, 0.29) is 12.7 Å². The van der Waals surface area contributed by atoms with Crippen LogP contribution in [-0.2, 0) is 4.79 Å². The highest BCUT2D eigenvalue weighted by molar-refractivity contribution is 6.13. The molecule has 4 amide bonds. The lowest BCUT2D eigenvalue weighted by molar-refractivity contribution is -0.107. The predicted octanol–water partition coefficient (Wildman–Crippen LogP) is -0.0278. The summed E-state index contributed by atoms with van der Waals surface area (Å²) < 4.78 is 0. The summed E-state index contributed by atoms with van der Waals surface area (Å²) in [7, 11) is 1.76. The maximum Gasteiger partial charge on any atom is 0.334 e. The van der Waals surface area contributed by atoms with E-state index in [9.17, 15) is 14.4 Å². The van der Waals surface area contributed by atoms with Crippen LogP contribution in [0.2, 0.25) is 0 Å². The van der Waals surface area contributed by atoms with Crippen LogP contribution in [-0.4, -0.2) is 62.6 Å². The van der Waals surface area contributed by atoms with Gasteiger partial charge in [0.15, 0.2) is 0 Å². The summed E-state index contributed by atoms with van der Waals surface area (Å²) in [4.78, 5) is 38.4. The molecule has 0 radical (unpaired) electrons. The molecule has 0 bridgehead atoms. The molecule has 3 N–H and O–H groups in total. The van der Waals surface area contributed by atoms with Crippen molar-refractivity contribution < 1.29 is 14.4 Å². The van der Waals surface area contributed by atoms with Crippen molar-refractivity contribution in [3.63, 3.8) is 0 Å². The van der Waals surface area contributed by atoms with Crippen LogP contribution in [0.25, 0.3) is 0 Å². The van der Waals surface area contributed by atoms with Crippen molar-refractivity contribution >= 4 is 24.0 Å². The van der Waals surface area contributed by atoms with Crippen molar-refractivity contribution in [3.05, 3.63) is 30.3 Å². The normalized spacial score (nSPS) is 17.4. The summed E-state index contributed by atoms with van der Waals surface area (Å²) in [6, 6.07) is 7.59. The highest BCUT2D eigenvalue weighted by Crippen LogP contribution is 2.17. The average Bonchev–Trinajstić information content (AvgIpc) is 2.60. The summed E-state index contributed by atoms with van der Waals surface area (Å²) in [6.07, 6.45) is 0.369. The Morgan fingerprint density at radius 2 is 2.13 bits per heavy atom. The Hall–Kier alpha value is -2.45. The zero-order valence-electron chi connectivity index (χ0n) is 13.0. The number of anilines is 1. The minimum absolute atomic E-state index is 0.146. The molecule has 1 aromatic rings. The molecule has 1 atom stereocenters. The van der Waals surface area contributed by atoms with Crippen LogP contribution in [0.15, 0.2) is 30.3 Å². The van der Waals surface area contributed by atoms with Gasteiger partial charge in [0.05, 0.1) is 18.4 Å². The molecule has 1 aliphatic heterocycles. The lowest BCUT2D eigenvalue weighted by Crippen LogP contribution is -2.63. The van der Waals surface area contributed by atoms with Crippen LogP contribution in [0, 0.1) is 0 Å². The zero-order chi connectivity index (χ0) is 16.7. The largest absolute Gasteiger partial charge is 0.334 e. The molecule has 1 saturated heterocycles. The number of benzene rings is 1. The molecule has 0 aliphatic carbocycles. The van der Waals surface area contributed by atoms with Crippen molar-refractivity contribution in [3.8, 4) is 0 Å². The average molecular weight is 319 g/mol. The number of likely N-dealkylation sites (N-methyl/N-ethyl adjacent to an activating group) is 1. The fourth-order valence-corrected chi connectivity index (χ4v) is 2.42. The van der Waals surface area contributed by atoms with Crippen molar-refractivity contribution in [1.29, 1.82) is 0 Å². The number of hydrogen-bond donors (Lipinski definition) is 3.